The second kappa shape index (κ2) is 33.5. The van der Waals surface area contributed by atoms with Crippen LogP contribution < -0.4 is 5.32 Å². The molecule has 1 unspecified atom stereocenters. The van der Waals surface area contributed by atoms with E-state index in [1.165, 1.54) is 51.5 Å². The van der Waals surface area contributed by atoms with E-state index in [1.54, 1.807) is 38.2 Å². The highest BCUT2D eigenvalue weighted by Crippen LogP contribution is 2.34. The van der Waals surface area contributed by atoms with E-state index in [2.05, 4.69) is 65.6 Å². The van der Waals surface area contributed by atoms with Gasteiger partial charge < -0.3 is 10.1 Å². The Balaban J connectivity index is -0.000000768. The normalized spacial score (nSPS) is 11.6. The van der Waals surface area contributed by atoms with Gasteiger partial charge in [-0.3, -0.25) is 9.59 Å². The number of aryl methyl sites for hydroxylation is 2. The lowest BCUT2D eigenvalue weighted by molar-refractivity contribution is -0.138. The van der Waals surface area contributed by atoms with Gasteiger partial charge in [-0.05, 0) is 80.0 Å². The van der Waals surface area contributed by atoms with Crippen molar-refractivity contribution in [3.63, 3.8) is 0 Å². The molecule has 0 aromatic heterocycles. The second-order valence-corrected chi connectivity index (χ2v) is 12.9. The van der Waals surface area contributed by atoms with Gasteiger partial charge in [0.25, 0.3) is 0 Å². The molecular formula is C47H72F3NO3. The molecule has 7 heteroatoms. The number of nitrogens with one attached hydrogen (secondary N) is 1. The molecule has 0 radical (unpaired) electrons. The first-order valence-corrected chi connectivity index (χ1v) is 19.8. The van der Waals surface area contributed by atoms with Crippen LogP contribution in [0.2, 0.25) is 0 Å². The Kier molecular flexibility index (Phi) is 33.7. The van der Waals surface area contributed by atoms with Gasteiger partial charge in [-0.1, -0.05) is 150 Å². The third kappa shape index (κ3) is 26.7. The van der Waals surface area contributed by atoms with Crippen molar-refractivity contribution in [3.05, 3.63) is 99.3 Å². The van der Waals surface area contributed by atoms with Crippen molar-refractivity contribution in [1.82, 2.24) is 0 Å². The van der Waals surface area contributed by atoms with Crippen molar-refractivity contribution >= 4 is 17.9 Å². The van der Waals surface area contributed by atoms with E-state index in [1.807, 2.05) is 45.9 Å². The topological polar surface area (TPSA) is 55.4 Å². The predicted octanol–water partition coefficient (Wildman–Crippen LogP) is 14.7. The zero-order valence-corrected chi connectivity index (χ0v) is 36.1. The second-order valence-electron chi connectivity index (χ2n) is 12.9. The van der Waals surface area contributed by atoms with Crippen LogP contribution >= 0.6 is 0 Å². The number of anilines is 1. The van der Waals surface area contributed by atoms with Crippen molar-refractivity contribution in [3.8, 4) is 11.8 Å². The number of hydrogen-bond acceptors (Lipinski definition) is 4. The van der Waals surface area contributed by atoms with Crippen LogP contribution in [0.4, 0.5) is 18.9 Å². The summed E-state index contributed by atoms with van der Waals surface area (Å²) in [7, 11) is 1.60. The number of carbonyl (C=O) groups excluding carboxylic acids is 2. The van der Waals surface area contributed by atoms with Crippen molar-refractivity contribution < 1.29 is 27.5 Å². The molecule has 0 bridgehead atoms. The number of carbonyl (C=O) groups is 2. The standard InChI is InChI=1S/C23H26O3.C10H12F3N.C7H16.C4H10.C3H8/c1-6-8-9-20(15-23(17(3)7-2)26-19(5)25)12-13-22-14-21(16-24)11-10-18(22)4;1-3-7-4-5-8(14-2)6-9(7)10(11,12)13;1-4-6-7(3)5-2;1-3-4-2;1-3-2/h8-11,14-16H,6-7H2,1-5H3;4-6,14H,3H2,1-2H3;7H,4-6H2,1-3H3;3-4H2,1-2H3;3H2,1-2H3/b9-8+,20-15+,23-17-;;;;. The number of aldehydes is 1. The van der Waals surface area contributed by atoms with Gasteiger partial charge in [0.2, 0.25) is 0 Å². The van der Waals surface area contributed by atoms with E-state index in [9.17, 15) is 22.8 Å². The third-order valence-electron chi connectivity index (χ3n) is 7.83. The van der Waals surface area contributed by atoms with Gasteiger partial charge in [-0.2, -0.15) is 13.2 Å². The number of hydrogen-bond donors (Lipinski definition) is 1. The van der Waals surface area contributed by atoms with Crippen LogP contribution in [0.3, 0.4) is 0 Å². The van der Waals surface area contributed by atoms with Crippen LogP contribution in [-0.2, 0) is 22.1 Å². The van der Waals surface area contributed by atoms with Gasteiger partial charge in [-0.25, -0.2) is 0 Å². The minimum absolute atomic E-state index is 0.330. The summed E-state index contributed by atoms with van der Waals surface area (Å²) in [6.07, 6.45) is 12.3. The van der Waals surface area contributed by atoms with Crippen molar-refractivity contribution in [2.75, 3.05) is 12.4 Å². The number of halogens is 3. The quantitative estimate of drug-likeness (QED) is 0.0770. The molecule has 0 saturated carbocycles. The molecule has 2 aromatic carbocycles. The minimum atomic E-state index is -4.27. The third-order valence-corrected chi connectivity index (χ3v) is 7.83. The number of rotatable bonds is 12. The molecule has 1 N–H and O–H groups in total. The summed E-state index contributed by atoms with van der Waals surface area (Å²) in [5.41, 5.74) is 4.38. The molecular weight excluding hydrogens is 684 g/mol. The van der Waals surface area contributed by atoms with Gasteiger partial charge >= 0.3 is 12.1 Å². The maximum Gasteiger partial charge on any atom is 0.416 e. The summed E-state index contributed by atoms with van der Waals surface area (Å²) in [4.78, 5) is 22.4. The Hall–Kier alpha value is -4.05. The first-order valence-electron chi connectivity index (χ1n) is 19.8. The van der Waals surface area contributed by atoms with Crippen LogP contribution in [0.15, 0.2) is 71.5 Å². The van der Waals surface area contributed by atoms with E-state index in [-0.39, 0.29) is 5.97 Å². The minimum Gasteiger partial charge on any atom is -0.427 e. The Morgan fingerprint density at radius 1 is 0.926 bits per heavy atom. The average molecular weight is 756 g/mol. The van der Waals surface area contributed by atoms with Crippen LogP contribution in [0.25, 0.3) is 0 Å². The fourth-order valence-electron chi connectivity index (χ4n) is 4.07. The smallest absolute Gasteiger partial charge is 0.416 e. The number of alkyl halides is 3. The molecule has 0 aliphatic carbocycles. The zero-order valence-electron chi connectivity index (χ0n) is 36.1. The Bertz CT molecular complexity index is 1470. The summed E-state index contributed by atoms with van der Waals surface area (Å²) in [5.74, 6) is 7.37. The number of esters is 1. The molecule has 54 heavy (non-hydrogen) atoms. The van der Waals surface area contributed by atoms with E-state index < -0.39 is 11.7 Å². The lowest BCUT2D eigenvalue weighted by Crippen LogP contribution is -2.09. The van der Waals surface area contributed by atoms with Crippen molar-refractivity contribution in [2.45, 2.75) is 154 Å². The maximum atomic E-state index is 12.5. The predicted molar refractivity (Wildman–Crippen MR) is 227 cm³/mol. The summed E-state index contributed by atoms with van der Waals surface area (Å²) >= 11 is 0. The monoisotopic (exact) mass is 756 g/mol. The molecule has 0 aliphatic rings. The summed E-state index contributed by atoms with van der Waals surface area (Å²) in [6, 6.07) is 9.72. The Morgan fingerprint density at radius 3 is 1.94 bits per heavy atom. The highest BCUT2D eigenvalue weighted by Gasteiger charge is 2.33. The highest BCUT2D eigenvalue weighted by atomic mass is 19.4. The van der Waals surface area contributed by atoms with E-state index >= 15 is 0 Å². The molecule has 1 atom stereocenters. The summed E-state index contributed by atoms with van der Waals surface area (Å²) < 4.78 is 42.9. The first kappa shape index (κ1) is 54.3. The molecule has 2 aromatic rings. The fourth-order valence-corrected chi connectivity index (χ4v) is 4.07. The number of allylic oxidation sites excluding steroid dienone is 5. The molecule has 0 spiro atoms. The largest absolute Gasteiger partial charge is 0.427 e. The Morgan fingerprint density at radius 2 is 1.54 bits per heavy atom. The van der Waals surface area contributed by atoms with Gasteiger partial charge in [0.15, 0.2) is 0 Å². The van der Waals surface area contributed by atoms with Crippen LogP contribution in [-0.4, -0.2) is 19.3 Å². The van der Waals surface area contributed by atoms with Gasteiger partial charge in [-0.15, -0.1) is 0 Å². The first-order chi connectivity index (χ1) is 25.5. The fraction of sp³-hybridized carbons (Fsp3) is 0.532. The summed E-state index contributed by atoms with van der Waals surface area (Å²) in [5, 5.41) is 2.69. The van der Waals surface area contributed by atoms with Crippen LogP contribution in [0.5, 0.6) is 0 Å². The Labute approximate surface area is 328 Å². The lowest BCUT2D eigenvalue weighted by Gasteiger charge is -2.13. The SMILES string of the molecule is CC/C=C/C(C#Cc1cc(C=O)ccc1C)=C\C(OC(C)=O)=C(/C)CC.CCC.CCCC.CCCC(C)CC.CCc1ccc(NC)cc1C(F)(F)F. The van der Waals surface area contributed by atoms with E-state index in [0.29, 0.717) is 29.0 Å². The average Bonchev–Trinajstić information content (AvgIpc) is 3.15. The number of benzene rings is 2. The highest BCUT2D eigenvalue weighted by molar-refractivity contribution is 5.76. The number of ether oxygens (including phenoxy) is 1. The zero-order chi connectivity index (χ0) is 42.1. The molecule has 0 amide bonds. The van der Waals surface area contributed by atoms with E-state index in [0.717, 1.165) is 53.4 Å². The maximum absolute atomic E-state index is 12.5. The lowest BCUT2D eigenvalue weighted by atomic mass is 10.0. The van der Waals surface area contributed by atoms with Crippen LogP contribution in [0.1, 0.15) is 167 Å². The van der Waals surface area contributed by atoms with Gasteiger partial charge in [0.1, 0.15) is 12.0 Å². The molecule has 0 fully saturated rings. The van der Waals surface area contributed by atoms with Crippen molar-refractivity contribution in [2.24, 2.45) is 5.92 Å². The molecule has 0 aliphatic heterocycles. The van der Waals surface area contributed by atoms with E-state index in [4.69, 9.17) is 4.74 Å². The molecule has 4 nitrogen and oxygen atoms in total. The van der Waals surface area contributed by atoms with Gasteiger partial charge in [0, 0.05) is 36.4 Å². The molecule has 2 rings (SSSR count). The summed E-state index contributed by atoms with van der Waals surface area (Å²) in [6.45, 7) is 26.4. The van der Waals surface area contributed by atoms with Gasteiger partial charge in [0.05, 0.1) is 5.56 Å². The van der Waals surface area contributed by atoms with Crippen molar-refractivity contribution in [1.29, 1.82) is 0 Å². The molecule has 0 heterocycles. The molecule has 304 valence electrons. The van der Waals surface area contributed by atoms with Crippen LogP contribution in [0, 0.1) is 24.7 Å². The molecule has 0 saturated heterocycles. The number of unbranched alkanes of at least 4 members (excludes halogenated alkanes) is 1.